The van der Waals surface area contributed by atoms with Gasteiger partial charge in [0.1, 0.15) is 6.04 Å². The van der Waals surface area contributed by atoms with Crippen molar-refractivity contribution in [3.63, 3.8) is 0 Å². The molecule has 0 aliphatic heterocycles. The molecule has 0 N–H and O–H groups in total. The van der Waals surface area contributed by atoms with Crippen LogP contribution in [0, 0.1) is 0 Å². The molecule has 2 nitrogen and oxygen atoms in total. The maximum Gasteiger partial charge on any atom is 0.103 e. The van der Waals surface area contributed by atoms with Gasteiger partial charge in [-0.25, -0.2) is 4.40 Å². The summed E-state index contributed by atoms with van der Waals surface area (Å²) in [6.45, 7) is 0. The minimum absolute atomic E-state index is 0.134. The molecule has 0 radical (unpaired) electrons. The maximum absolute atomic E-state index is 6.41. The number of benzene rings is 3. The molecule has 0 bridgehead atoms. The fraction of sp³-hybridized carbons (Fsp3) is 0.0417. The summed E-state index contributed by atoms with van der Waals surface area (Å²) >= 11 is 15.6. The minimum Gasteiger partial charge on any atom is -0.299 e. The molecule has 1 aliphatic rings. The monoisotopic (exact) mass is 468 g/mol. The van der Waals surface area contributed by atoms with Crippen molar-refractivity contribution in [1.29, 1.82) is 0 Å². The molecule has 0 aromatic heterocycles. The van der Waals surface area contributed by atoms with E-state index in [0.29, 0.717) is 10.1 Å². The normalized spacial score (nSPS) is 17.1. The van der Waals surface area contributed by atoms with Gasteiger partial charge in [-0.05, 0) is 78.7 Å². The van der Waals surface area contributed by atoms with Gasteiger partial charge >= 0.3 is 0 Å². The van der Waals surface area contributed by atoms with Gasteiger partial charge in [0.2, 0.25) is 0 Å². The Labute approximate surface area is 195 Å². The fourth-order valence-electron chi connectivity index (χ4n) is 2.87. The highest BCUT2D eigenvalue weighted by Crippen LogP contribution is 2.35. The van der Waals surface area contributed by atoms with Crippen molar-refractivity contribution < 1.29 is 0 Å². The van der Waals surface area contributed by atoms with E-state index in [-0.39, 0.29) is 6.04 Å². The quantitative estimate of drug-likeness (QED) is 0.340. The van der Waals surface area contributed by atoms with E-state index in [0.717, 1.165) is 21.2 Å². The Hall–Kier alpha value is -2.11. The highest BCUT2D eigenvalue weighted by atomic mass is 35.5. The van der Waals surface area contributed by atoms with Gasteiger partial charge in [0.25, 0.3) is 0 Å². The zero-order valence-corrected chi connectivity index (χ0v) is 19.0. The molecule has 0 saturated heterocycles. The Morgan fingerprint density at radius 1 is 0.733 bits per heavy atom. The summed E-state index contributed by atoms with van der Waals surface area (Å²) in [5, 5.41) is 1.39. The van der Waals surface area contributed by atoms with Crippen LogP contribution in [0.2, 0.25) is 5.02 Å². The first-order valence-electron chi connectivity index (χ1n) is 9.32. The summed E-state index contributed by atoms with van der Waals surface area (Å²) in [5.74, 6) is 0. The summed E-state index contributed by atoms with van der Waals surface area (Å²) in [6, 6.07) is 28.1. The molecule has 6 heteroatoms. The summed E-state index contributed by atoms with van der Waals surface area (Å²) in [5.41, 5.74) is 1.94. The van der Waals surface area contributed by atoms with Gasteiger partial charge in [-0.15, -0.1) is 0 Å². The van der Waals surface area contributed by atoms with E-state index in [1.54, 1.807) is 11.9 Å². The van der Waals surface area contributed by atoms with E-state index in [1.807, 2.05) is 78.9 Å². The molecule has 4 rings (SSSR count). The standard InChI is InChI=1S/C24H18Cl2N2S2/c25-18-11-14-20(15-12-18)28(30-22-9-5-2-6-10-22)24-17-19(26)13-16-23(24)27-29-21-7-3-1-4-8-21/h1-17,24H/b27-23-. The van der Waals surface area contributed by atoms with Gasteiger partial charge in [-0.1, -0.05) is 59.6 Å². The number of hydrogen-bond donors (Lipinski definition) is 0. The van der Waals surface area contributed by atoms with Crippen molar-refractivity contribution in [1.82, 2.24) is 0 Å². The van der Waals surface area contributed by atoms with Crippen LogP contribution >= 0.6 is 47.1 Å². The molecule has 0 spiro atoms. The largest absolute Gasteiger partial charge is 0.299 e. The lowest BCUT2D eigenvalue weighted by molar-refractivity contribution is 1.06. The molecular weight excluding hydrogens is 451 g/mol. The van der Waals surface area contributed by atoms with Crippen LogP contribution in [0.4, 0.5) is 5.69 Å². The molecule has 1 aliphatic carbocycles. The number of allylic oxidation sites excluding steroid dienone is 2. The molecule has 30 heavy (non-hydrogen) atoms. The van der Waals surface area contributed by atoms with Crippen molar-refractivity contribution >= 4 is 58.5 Å². The number of hydrogen-bond acceptors (Lipinski definition) is 4. The van der Waals surface area contributed by atoms with Crippen LogP contribution in [0.3, 0.4) is 0 Å². The Balaban J connectivity index is 1.70. The fourth-order valence-corrected chi connectivity index (χ4v) is 4.85. The molecule has 0 saturated carbocycles. The molecule has 0 fully saturated rings. The first kappa shape index (κ1) is 21.1. The summed E-state index contributed by atoms with van der Waals surface area (Å²) in [4.78, 5) is 2.22. The minimum atomic E-state index is -0.134. The van der Waals surface area contributed by atoms with Crippen molar-refractivity contribution in [2.24, 2.45) is 4.40 Å². The third-order valence-electron chi connectivity index (χ3n) is 4.31. The van der Waals surface area contributed by atoms with Crippen LogP contribution in [0.1, 0.15) is 0 Å². The highest BCUT2D eigenvalue weighted by molar-refractivity contribution is 8.00. The van der Waals surface area contributed by atoms with Gasteiger partial charge in [-0.2, -0.15) is 0 Å². The van der Waals surface area contributed by atoms with E-state index < -0.39 is 0 Å². The third kappa shape index (κ3) is 5.52. The average molecular weight is 469 g/mol. The summed E-state index contributed by atoms with van der Waals surface area (Å²) in [7, 11) is 0. The molecule has 0 heterocycles. The molecule has 1 atom stereocenters. The predicted molar refractivity (Wildman–Crippen MR) is 133 cm³/mol. The van der Waals surface area contributed by atoms with Gasteiger partial charge in [0.05, 0.1) is 5.71 Å². The van der Waals surface area contributed by atoms with Gasteiger partial charge in [0.15, 0.2) is 0 Å². The van der Waals surface area contributed by atoms with Crippen LogP contribution < -0.4 is 4.31 Å². The van der Waals surface area contributed by atoms with Gasteiger partial charge in [-0.3, -0.25) is 4.31 Å². The molecule has 3 aromatic rings. The first-order valence-corrected chi connectivity index (χ1v) is 11.6. The lowest BCUT2D eigenvalue weighted by Gasteiger charge is -2.32. The Kier molecular flexibility index (Phi) is 7.24. The van der Waals surface area contributed by atoms with Crippen molar-refractivity contribution in [2.75, 3.05) is 4.31 Å². The smallest absolute Gasteiger partial charge is 0.103 e. The topological polar surface area (TPSA) is 15.6 Å². The van der Waals surface area contributed by atoms with E-state index >= 15 is 0 Å². The van der Waals surface area contributed by atoms with Gasteiger partial charge in [0, 0.05) is 37.5 Å². The summed E-state index contributed by atoms with van der Waals surface area (Å²) in [6.07, 6.45) is 5.89. The van der Waals surface area contributed by atoms with Gasteiger partial charge < -0.3 is 0 Å². The van der Waals surface area contributed by atoms with Crippen LogP contribution in [0.15, 0.2) is 122 Å². The number of halogens is 2. The van der Waals surface area contributed by atoms with Crippen LogP contribution in [-0.4, -0.2) is 11.8 Å². The van der Waals surface area contributed by atoms with E-state index in [9.17, 15) is 0 Å². The van der Waals surface area contributed by atoms with E-state index in [2.05, 4.69) is 28.6 Å². The number of anilines is 1. The SMILES string of the molecule is ClC1=CC(N(Sc2ccccc2)c2ccc(Cl)cc2)/C(=N\Sc2ccccc2)C=C1. The molecule has 150 valence electrons. The first-order chi connectivity index (χ1) is 14.7. The number of rotatable bonds is 6. The summed E-state index contributed by atoms with van der Waals surface area (Å²) < 4.78 is 7.05. The van der Waals surface area contributed by atoms with Crippen LogP contribution in [-0.2, 0) is 0 Å². The highest BCUT2D eigenvalue weighted by Gasteiger charge is 2.25. The van der Waals surface area contributed by atoms with Crippen molar-refractivity contribution in [2.45, 2.75) is 15.8 Å². The molecular formula is C24H18Cl2N2S2. The number of nitrogens with zero attached hydrogens (tertiary/aromatic N) is 2. The molecule has 0 amide bonds. The Morgan fingerprint density at radius 3 is 2.03 bits per heavy atom. The molecule has 1 unspecified atom stereocenters. The Morgan fingerprint density at radius 2 is 1.37 bits per heavy atom. The van der Waals surface area contributed by atoms with Crippen LogP contribution in [0.25, 0.3) is 0 Å². The zero-order valence-electron chi connectivity index (χ0n) is 15.9. The lowest BCUT2D eigenvalue weighted by atomic mass is 10.1. The Bertz CT molecular complexity index is 1070. The molecule has 3 aromatic carbocycles. The maximum atomic E-state index is 6.41. The van der Waals surface area contributed by atoms with E-state index in [4.69, 9.17) is 27.6 Å². The zero-order chi connectivity index (χ0) is 20.8. The second-order valence-corrected chi connectivity index (χ2v) is 9.21. The third-order valence-corrected chi connectivity index (χ3v) is 6.72. The average Bonchev–Trinajstić information content (AvgIpc) is 2.79. The predicted octanol–water partition coefficient (Wildman–Crippen LogP) is 8.06. The lowest BCUT2D eigenvalue weighted by Crippen LogP contribution is -2.35. The second kappa shape index (κ2) is 10.3. The van der Waals surface area contributed by atoms with E-state index in [1.165, 1.54) is 11.9 Å². The van der Waals surface area contributed by atoms with Crippen LogP contribution in [0.5, 0.6) is 0 Å². The second-order valence-electron chi connectivity index (χ2n) is 6.46. The van der Waals surface area contributed by atoms with Crippen molar-refractivity contribution in [3.05, 3.63) is 113 Å². The van der Waals surface area contributed by atoms with Crippen molar-refractivity contribution in [3.8, 4) is 0 Å².